The molecule has 1 unspecified atom stereocenters. The van der Waals surface area contributed by atoms with E-state index in [1.165, 1.54) is 12.1 Å². The van der Waals surface area contributed by atoms with Crippen molar-refractivity contribution in [2.75, 3.05) is 6.54 Å². The van der Waals surface area contributed by atoms with Gasteiger partial charge in [-0.2, -0.15) is 4.98 Å². The molecule has 0 aliphatic rings. The van der Waals surface area contributed by atoms with Gasteiger partial charge >= 0.3 is 0 Å². The van der Waals surface area contributed by atoms with E-state index < -0.39 is 0 Å². The Kier molecular flexibility index (Phi) is 4.01. The van der Waals surface area contributed by atoms with E-state index in [4.69, 9.17) is 10.3 Å². The molecule has 0 saturated carbocycles. The Morgan fingerprint density at radius 1 is 1.42 bits per heavy atom. The summed E-state index contributed by atoms with van der Waals surface area (Å²) in [7, 11) is 0. The van der Waals surface area contributed by atoms with E-state index in [9.17, 15) is 4.39 Å². The summed E-state index contributed by atoms with van der Waals surface area (Å²) in [6.45, 7) is 4.39. The highest BCUT2D eigenvalue weighted by Gasteiger charge is 2.29. The molecule has 1 atom stereocenters. The molecule has 2 aromatic rings. The van der Waals surface area contributed by atoms with Crippen molar-refractivity contribution in [2.45, 2.75) is 25.7 Å². The minimum atomic E-state index is -0.354. The highest BCUT2D eigenvalue weighted by atomic mass is 79.9. The third kappa shape index (κ3) is 2.84. The summed E-state index contributed by atoms with van der Waals surface area (Å²) in [5, 5.41) is 3.90. The van der Waals surface area contributed by atoms with Crippen LogP contribution in [0.3, 0.4) is 0 Å². The van der Waals surface area contributed by atoms with E-state index in [1.807, 2.05) is 13.8 Å². The van der Waals surface area contributed by atoms with E-state index in [1.54, 1.807) is 6.07 Å². The highest BCUT2D eigenvalue weighted by molar-refractivity contribution is 9.10. The molecule has 2 rings (SSSR count). The summed E-state index contributed by atoms with van der Waals surface area (Å²) in [5.74, 6) is 0.490. The summed E-state index contributed by atoms with van der Waals surface area (Å²) < 4.78 is 19.2. The maximum Gasteiger partial charge on any atom is 0.234 e. The van der Waals surface area contributed by atoms with Gasteiger partial charge in [-0.15, -0.1) is 0 Å². The predicted molar refractivity (Wildman–Crippen MR) is 74.1 cm³/mol. The monoisotopic (exact) mass is 327 g/mol. The van der Waals surface area contributed by atoms with Crippen LogP contribution >= 0.6 is 15.9 Å². The number of benzene rings is 1. The van der Waals surface area contributed by atoms with Crippen LogP contribution in [0, 0.1) is 5.82 Å². The van der Waals surface area contributed by atoms with Crippen molar-refractivity contribution in [3.05, 3.63) is 34.4 Å². The van der Waals surface area contributed by atoms with E-state index in [0.717, 1.165) is 6.42 Å². The van der Waals surface area contributed by atoms with Crippen molar-refractivity contribution in [3.63, 3.8) is 0 Å². The van der Waals surface area contributed by atoms with Crippen LogP contribution in [-0.4, -0.2) is 16.7 Å². The average Bonchev–Trinajstić information content (AvgIpc) is 2.87. The molecule has 1 aromatic heterocycles. The quantitative estimate of drug-likeness (QED) is 0.935. The Bertz CT molecular complexity index is 561. The maximum absolute atomic E-state index is 13.4. The zero-order valence-electron chi connectivity index (χ0n) is 10.8. The van der Waals surface area contributed by atoms with Gasteiger partial charge in [-0.25, -0.2) is 4.39 Å². The van der Waals surface area contributed by atoms with Crippen LogP contribution in [0.5, 0.6) is 0 Å². The van der Waals surface area contributed by atoms with Gasteiger partial charge in [0.05, 0.1) is 5.41 Å². The summed E-state index contributed by atoms with van der Waals surface area (Å²) >= 11 is 3.24. The van der Waals surface area contributed by atoms with Crippen molar-refractivity contribution in [1.29, 1.82) is 0 Å². The molecule has 0 aliphatic carbocycles. The van der Waals surface area contributed by atoms with Gasteiger partial charge < -0.3 is 10.3 Å². The third-order valence-corrected chi connectivity index (χ3v) is 3.75. The molecule has 0 bridgehead atoms. The molecule has 2 N–H and O–H groups in total. The molecule has 0 fully saturated rings. The minimum Gasteiger partial charge on any atom is -0.338 e. The first-order valence-corrected chi connectivity index (χ1v) is 6.78. The molecule has 1 heterocycles. The van der Waals surface area contributed by atoms with Crippen LogP contribution in [0.2, 0.25) is 0 Å². The fourth-order valence-corrected chi connectivity index (χ4v) is 2.12. The minimum absolute atomic E-state index is 0.351. The molecule has 19 heavy (non-hydrogen) atoms. The van der Waals surface area contributed by atoms with Crippen LogP contribution < -0.4 is 5.73 Å². The van der Waals surface area contributed by atoms with Gasteiger partial charge in [0.2, 0.25) is 11.7 Å². The fourth-order valence-electron chi connectivity index (χ4n) is 1.65. The van der Waals surface area contributed by atoms with Crippen molar-refractivity contribution in [2.24, 2.45) is 5.73 Å². The number of nitrogens with zero attached hydrogens (tertiary/aromatic N) is 2. The lowest BCUT2D eigenvalue weighted by Gasteiger charge is -2.20. The lowest BCUT2D eigenvalue weighted by molar-refractivity contribution is 0.291. The first kappa shape index (κ1) is 14.1. The van der Waals surface area contributed by atoms with Gasteiger partial charge in [0, 0.05) is 16.6 Å². The standard InChI is InChI=1S/C13H15BrFN3O/c1-3-13(2,7-16)12-17-11(18-19-12)8-4-9(14)6-10(15)5-8/h4-6H,3,7,16H2,1-2H3. The van der Waals surface area contributed by atoms with Crippen LogP contribution in [-0.2, 0) is 5.41 Å². The largest absolute Gasteiger partial charge is 0.338 e. The number of nitrogens with two attached hydrogens (primary N) is 1. The summed E-state index contributed by atoms with van der Waals surface area (Å²) in [5.41, 5.74) is 5.97. The number of rotatable bonds is 4. The van der Waals surface area contributed by atoms with Crippen LogP contribution in [0.4, 0.5) is 4.39 Å². The van der Waals surface area contributed by atoms with Crippen molar-refractivity contribution in [3.8, 4) is 11.4 Å². The second kappa shape index (κ2) is 5.38. The van der Waals surface area contributed by atoms with Gasteiger partial charge in [0.15, 0.2) is 0 Å². The summed E-state index contributed by atoms with van der Waals surface area (Å²) in [6, 6.07) is 4.48. The fraction of sp³-hybridized carbons (Fsp3) is 0.385. The topological polar surface area (TPSA) is 64.9 Å². The normalized spacial score (nSPS) is 14.4. The Morgan fingerprint density at radius 3 is 2.74 bits per heavy atom. The second-order valence-corrected chi connectivity index (χ2v) is 5.62. The van der Waals surface area contributed by atoms with E-state index in [2.05, 4.69) is 26.1 Å². The van der Waals surface area contributed by atoms with E-state index in [0.29, 0.717) is 28.3 Å². The SMILES string of the molecule is CCC(C)(CN)c1nc(-c2cc(F)cc(Br)c2)no1. The maximum atomic E-state index is 13.4. The van der Waals surface area contributed by atoms with Gasteiger partial charge in [-0.05, 0) is 31.5 Å². The Balaban J connectivity index is 2.40. The third-order valence-electron chi connectivity index (χ3n) is 3.29. The molecular formula is C13H15BrFN3O. The molecular weight excluding hydrogens is 313 g/mol. The van der Waals surface area contributed by atoms with Gasteiger partial charge in [0.25, 0.3) is 0 Å². The average molecular weight is 328 g/mol. The number of hydrogen-bond acceptors (Lipinski definition) is 4. The number of hydrogen-bond donors (Lipinski definition) is 1. The molecule has 0 amide bonds. The molecule has 0 spiro atoms. The molecule has 0 aliphatic heterocycles. The second-order valence-electron chi connectivity index (χ2n) is 4.70. The van der Waals surface area contributed by atoms with Crippen molar-refractivity contribution < 1.29 is 8.91 Å². The summed E-state index contributed by atoms with van der Waals surface area (Å²) in [4.78, 5) is 4.33. The number of halogens is 2. The first-order chi connectivity index (χ1) is 8.98. The Hall–Kier alpha value is -1.27. The lowest BCUT2D eigenvalue weighted by Crippen LogP contribution is -2.31. The molecule has 102 valence electrons. The smallest absolute Gasteiger partial charge is 0.234 e. The van der Waals surface area contributed by atoms with Crippen LogP contribution in [0.1, 0.15) is 26.2 Å². The Morgan fingerprint density at radius 2 is 2.16 bits per heavy atom. The van der Waals surface area contributed by atoms with E-state index in [-0.39, 0.29) is 11.2 Å². The van der Waals surface area contributed by atoms with E-state index >= 15 is 0 Å². The highest BCUT2D eigenvalue weighted by Crippen LogP contribution is 2.28. The van der Waals surface area contributed by atoms with Gasteiger partial charge in [0.1, 0.15) is 5.82 Å². The van der Waals surface area contributed by atoms with Crippen molar-refractivity contribution >= 4 is 15.9 Å². The zero-order chi connectivity index (χ0) is 14.0. The van der Waals surface area contributed by atoms with Crippen LogP contribution in [0.15, 0.2) is 27.2 Å². The molecule has 4 nitrogen and oxygen atoms in total. The molecule has 6 heteroatoms. The zero-order valence-corrected chi connectivity index (χ0v) is 12.4. The lowest BCUT2D eigenvalue weighted by atomic mass is 9.88. The summed E-state index contributed by atoms with van der Waals surface area (Å²) in [6.07, 6.45) is 0.790. The van der Waals surface area contributed by atoms with Gasteiger partial charge in [-0.1, -0.05) is 28.0 Å². The van der Waals surface area contributed by atoms with Crippen molar-refractivity contribution in [1.82, 2.24) is 10.1 Å². The Labute approximate surface area is 119 Å². The number of aromatic nitrogens is 2. The molecule has 0 saturated heterocycles. The first-order valence-electron chi connectivity index (χ1n) is 5.99. The predicted octanol–water partition coefficient (Wildman–Crippen LogP) is 3.26. The molecule has 1 aromatic carbocycles. The van der Waals surface area contributed by atoms with Crippen LogP contribution in [0.25, 0.3) is 11.4 Å². The molecule has 0 radical (unpaired) electrons. The van der Waals surface area contributed by atoms with Gasteiger partial charge in [-0.3, -0.25) is 0 Å².